The Morgan fingerprint density at radius 3 is 2.62 bits per heavy atom. The molecule has 0 spiro atoms. The number of amides is 4. The lowest BCUT2D eigenvalue weighted by Crippen LogP contribution is -2.52. The number of aromatic nitrogens is 1. The molecule has 0 radical (unpaired) electrons. The molecule has 0 unspecified atom stereocenters. The highest BCUT2D eigenvalue weighted by Crippen LogP contribution is 2.35. The Morgan fingerprint density at radius 1 is 1.11 bits per heavy atom. The third kappa shape index (κ3) is 3.86. The van der Waals surface area contributed by atoms with Crippen LogP contribution in [-0.2, 0) is 16.9 Å². The Bertz CT molecular complexity index is 1410. The first-order valence-electron chi connectivity index (χ1n) is 12.4. The lowest BCUT2D eigenvalue weighted by molar-refractivity contribution is -0.125. The Hall–Kier alpha value is -4.12. The van der Waals surface area contributed by atoms with Crippen LogP contribution >= 0.6 is 0 Å². The molecule has 11 heteroatoms. The molecule has 2 N–H and O–H groups in total. The summed E-state index contributed by atoms with van der Waals surface area (Å²) in [6.45, 7) is 7.11. The van der Waals surface area contributed by atoms with E-state index in [0.717, 1.165) is 49.5 Å². The maximum Gasteiger partial charge on any atom is 0.322 e. The summed E-state index contributed by atoms with van der Waals surface area (Å²) in [6, 6.07) is 8.37. The molecule has 0 saturated carbocycles. The molecule has 3 aliphatic heterocycles. The number of furan rings is 1. The van der Waals surface area contributed by atoms with Gasteiger partial charge in [0.25, 0.3) is 11.8 Å². The van der Waals surface area contributed by atoms with Gasteiger partial charge in [0.1, 0.15) is 17.3 Å². The topological polar surface area (TPSA) is 120 Å². The summed E-state index contributed by atoms with van der Waals surface area (Å²) >= 11 is 0. The third-order valence-electron chi connectivity index (χ3n) is 7.52. The van der Waals surface area contributed by atoms with E-state index in [1.165, 1.54) is 0 Å². The molecule has 11 nitrogen and oxygen atoms in total. The van der Waals surface area contributed by atoms with E-state index >= 15 is 0 Å². The zero-order valence-electron chi connectivity index (χ0n) is 20.7. The fourth-order valence-electron chi connectivity index (χ4n) is 5.35. The van der Waals surface area contributed by atoms with Crippen molar-refractivity contribution in [1.29, 1.82) is 0 Å². The quantitative estimate of drug-likeness (QED) is 0.487. The fourth-order valence-corrected chi connectivity index (χ4v) is 5.35. The molecule has 37 heavy (non-hydrogen) atoms. The van der Waals surface area contributed by atoms with Crippen LogP contribution in [0.3, 0.4) is 0 Å². The first-order valence-corrected chi connectivity index (χ1v) is 12.4. The van der Waals surface area contributed by atoms with Crippen LogP contribution < -0.4 is 20.3 Å². The highest BCUT2D eigenvalue weighted by Gasteiger charge is 2.53. The molecular weight excluding hydrogens is 476 g/mol. The molecule has 6 rings (SSSR count). The van der Waals surface area contributed by atoms with Crippen LogP contribution in [0, 0.1) is 0 Å². The van der Waals surface area contributed by atoms with Gasteiger partial charge in [-0.25, -0.2) is 9.78 Å². The number of urea groups is 1. The first kappa shape index (κ1) is 23.3. The molecule has 1 atom stereocenters. The second-order valence-corrected chi connectivity index (χ2v) is 9.61. The third-order valence-corrected chi connectivity index (χ3v) is 7.52. The van der Waals surface area contributed by atoms with Gasteiger partial charge in [-0.1, -0.05) is 13.0 Å². The van der Waals surface area contributed by atoms with Gasteiger partial charge in [0, 0.05) is 43.7 Å². The van der Waals surface area contributed by atoms with E-state index in [2.05, 4.69) is 32.3 Å². The predicted molar refractivity (Wildman–Crippen MR) is 134 cm³/mol. The minimum atomic E-state index is -1.56. The number of carbonyl (C=O) groups is 3. The van der Waals surface area contributed by atoms with E-state index in [4.69, 9.17) is 9.15 Å². The lowest BCUT2D eigenvalue weighted by Gasteiger charge is -2.34. The van der Waals surface area contributed by atoms with Crippen molar-refractivity contribution < 1.29 is 23.5 Å². The van der Waals surface area contributed by atoms with E-state index in [1.54, 1.807) is 36.4 Å². The number of nitrogens with one attached hydrogen (secondary N) is 2. The summed E-state index contributed by atoms with van der Waals surface area (Å²) in [6.07, 6.45) is 1.64. The maximum absolute atomic E-state index is 13.2. The first-order chi connectivity index (χ1) is 17.9. The number of pyridine rings is 1. The smallest absolute Gasteiger partial charge is 0.322 e. The predicted octanol–water partition coefficient (Wildman–Crippen LogP) is 1.67. The summed E-state index contributed by atoms with van der Waals surface area (Å²) in [5.74, 6) is 0.855. The number of imide groups is 1. The van der Waals surface area contributed by atoms with Crippen LogP contribution in [0.5, 0.6) is 5.75 Å². The van der Waals surface area contributed by atoms with Gasteiger partial charge in [-0.2, -0.15) is 0 Å². The van der Waals surface area contributed by atoms with E-state index in [9.17, 15) is 14.4 Å². The molecule has 2 fully saturated rings. The number of benzene rings is 1. The van der Waals surface area contributed by atoms with E-state index in [0.29, 0.717) is 23.4 Å². The van der Waals surface area contributed by atoms with Gasteiger partial charge < -0.3 is 29.2 Å². The highest BCUT2D eigenvalue weighted by molar-refractivity contribution is 6.08. The summed E-state index contributed by atoms with van der Waals surface area (Å²) < 4.78 is 11.3. The number of methoxy groups -OCH3 is 1. The molecule has 2 aromatic heterocycles. The minimum Gasteiger partial charge on any atom is -0.497 e. The number of fused-ring (bicyclic) bond motifs is 2. The Kier molecular flexibility index (Phi) is 5.52. The SMILES string of the molecule is CCN1CCN(c2cc3cc([C@]4(CN5Cc6ccc(OC)cc6C5=O)NC(=O)NC4=O)oc3cn2)CC1. The van der Waals surface area contributed by atoms with Crippen molar-refractivity contribution in [3.05, 3.63) is 53.4 Å². The summed E-state index contributed by atoms with van der Waals surface area (Å²) in [5.41, 5.74) is 0.276. The van der Waals surface area contributed by atoms with E-state index in [1.807, 2.05) is 12.1 Å². The van der Waals surface area contributed by atoms with Crippen LogP contribution in [0.4, 0.5) is 10.6 Å². The number of rotatable bonds is 6. The van der Waals surface area contributed by atoms with Crippen molar-refractivity contribution in [2.45, 2.75) is 19.0 Å². The van der Waals surface area contributed by atoms with Crippen LogP contribution in [0.15, 0.2) is 40.9 Å². The van der Waals surface area contributed by atoms with E-state index < -0.39 is 17.5 Å². The van der Waals surface area contributed by atoms with Gasteiger partial charge in [0.15, 0.2) is 11.1 Å². The van der Waals surface area contributed by atoms with Gasteiger partial charge in [-0.15, -0.1) is 0 Å². The van der Waals surface area contributed by atoms with Crippen LogP contribution in [0.1, 0.15) is 28.6 Å². The molecule has 0 bridgehead atoms. The number of piperazine rings is 1. The number of anilines is 1. The molecular formula is C26H28N6O5. The summed E-state index contributed by atoms with van der Waals surface area (Å²) in [7, 11) is 1.54. The molecule has 5 heterocycles. The largest absolute Gasteiger partial charge is 0.497 e. The number of carbonyl (C=O) groups excluding carboxylic acids is 3. The van der Waals surface area contributed by atoms with Crippen molar-refractivity contribution >= 4 is 34.6 Å². The summed E-state index contributed by atoms with van der Waals surface area (Å²) in [4.78, 5) is 49.5. The molecule has 2 saturated heterocycles. The van der Waals surface area contributed by atoms with Gasteiger partial charge in [0.2, 0.25) is 0 Å². The molecule has 3 aromatic rings. The average Bonchev–Trinajstić information content (AvgIpc) is 3.57. The lowest BCUT2D eigenvalue weighted by atomic mass is 9.95. The Morgan fingerprint density at radius 2 is 1.92 bits per heavy atom. The molecule has 192 valence electrons. The number of nitrogens with zero attached hydrogens (tertiary/aromatic N) is 4. The van der Waals surface area contributed by atoms with Crippen molar-refractivity contribution in [1.82, 2.24) is 25.4 Å². The number of ether oxygens (including phenoxy) is 1. The second-order valence-electron chi connectivity index (χ2n) is 9.61. The molecule has 0 aliphatic carbocycles. The number of hydrogen-bond acceptors (Lipinski definition) is 8. The van der Waals surface area contributed by atoms with E-state index in [-0.39, 0.29) is 18.2 Å². The molecule has 1 aromatic carbocycles. The maximum atomic E-state index is 13.2. The van der Waals surface area contributed by atoms with Crippen LogP contribution in [0.2, 0.25) is 0 Å². The van der Waals surface area contributed by atoms with Crippen LogP contribution in [-0.4, -0.2) is 79.0 Å². The average molecular weight is 505 g/mol. The number of hydrogen-bond donors (Lipinski definition) is 2. The summed E-state index contributed by atoms with van der Waals surface area (Å²) in [5, 5.41) is 5.82. The zero-order valence-corrected chi connectivity index (χ0v) is 20.7. The van der Waals surface area contributed by atoms with Gasteiger partial charge >= 0.3 is 6.03 Å². The number of likely N-dealkylation sites (N-methyl/N-ethyl adjacent to an activating group) is 1. The fraction of sp³-hybridized carbons (Fsp3) is 0.385. The van der Waals surface area contributed by atoms with Crippen molar-refractivity contribution in [2.24, 2.45) is 0 Å². The highest BCUT2D eigenvalue weighted by atomic mass is 16.5. The molecule has 3 aliphatic rings. The van der Waals surface area contributed by atoms with Crippen molar-refractivity contribution in [2.75, 3.05) is 51.3 Å². The second kappa shape index (κ2) is 8.77. The van der Waals surface area contributed by atoms with Gasteiger partial charge in [-0.05, 0) is 36.4 Å². The molecule has 4 amide bonds. The standard InChI is InChI=1S/C26H28N6O5/c1-3-30-6-8-31(9-7-30)22-11-17-10-21(37-20(17)13-27-22)26(24(34)28-25(35)29-26)15-32-14-16-4-5-18(36-2)12-19(16)23(32)33/h4-5,10-13H,3,6-9,14-15H2,1-2H3,(H2,28,29,34,35)/t26-/m0/s1. The zero-order chi connectivity index (χ0) is 25.7. The van der Waals surface area contributed by atoms with Gasteiger partial charge in [0.05, 0.1) is 19.9 Å². The Balaban J connectivity index is 1.31. The van der Waals surface area contributed by atoms with Crippen LogP contribution in [0.25, 0.3) is 11.0 Å². The normalized spacial score (nSPS) is 21.9. The Labute approximate surface area is 213 Å². The van der Waals surface area contributed by atoms with Crippen molar-refractivity contribution in [3.63, 3.8) is 0 Å². The van der Waals surface area contributed by atoms with Crippen molar-refractivity contribution in [3.8, 4) is 5.75 Å². The van der Waals surface area contributed by atoms with Gasteiger partial charge in [-0.3, -0.25) is 14.9 Å². The minimum absolute atomic E-state index is 0.0838. The monoisotopic (exact) mass is 504 g/mol.